The van der Waals surface area contributed by atoms with Crippen molar-refractivity contribution in [1.82, 2.24) is 19.9 Å². The second kappa shape index (κ2) is 4.30. The molecule has 0 saturated heterocycles. The molecule has 100 valence electrons. The fourth-order valence-corrected chi connectivity index (χ4v) is 2.83. The first-order valence-corrected chi connectivity index (χ1v) is 6.89. The van der Waals surface area contributed by atoms with Gasteiger partial charge in [-0.25, -0.2) is 9.97 Å². The van der Waals surface area contributed by atoms with E-state index in [1.54, 1.807) is 6.33 Å². The van der Waals surface area contributed by atoms with Crippen molar-refractivity contribution < 1.29 is 0 Å². The number of H-pyrrole nitrogens is 1. The van der Waals surface area contributed by atoms with Crippen molar-refractivity contribution in [3.63, 3.8) is 0 Å². The third kappa shape index (κ3) is 1.66. The summed E-state index contributed by atoms with van der Waals surface area (Å²) in [6, 6.07) is 8.43. The minimum Gasteiger partial charge on any atom is -0.368 e. The molecule has 0 unspecified atom stereocenters. The number of nitrogens with two attached hydrogens (primary N) is 1. The van der Waals surface area contributed by atoms with E-state index in [-0.39, 0.29) is 5.95 Å². The number of aromatic nitrogens is 4. The van der Waals surface area contributed by atoms with Crippen LogP contribution in [0, 0.1) is 0 Å². The molecule has 2 heterocycles. The summed E-state index contributed by atoms with van der Waals surface area (Å²) in [5.74, 6) is 0.906. The number of fused-ring (bicyclic) bond motifs is 1. The van der Waals surface area contributed by atoms with Crippen LogP contribution in [-0.2, 0) is 0 Å². The number of aromatic amines is 1. The smallest absolute Gasteiger partial charge is 0.222 e. The molecule has 1 saturated carbocycles. The Morgan fingerprint density at radius 3 is 2.80 bits per heavy atom. The molecule has 2 aromatic heterocycles. The number of benzene rings is 1. The van der Waals surface area contributed by atoms with Crippen LogP contribution >= 0.6 is 0 Å². The lowest BCUT2D eigenvalue weighted by Gasteiger charge is -2.27. The topological polar surface area (TPSA) is 80.5 Å². The predicted molar refractivity (Wildman–Crippen MR) is 78.1 cm³/mol. The number of rotatable bonds is 2. The Balaban J connectivity index is 1.97. The molecular formula is C15H15N5. The molecule has 1 aromatic carbocycles. The van der Waals surface area contributed by atoms with Gasteiger partial charge in [0.25, 0.3) is 0 Å². The molecule has 0 atom stereocenters. The second-order valence-electron chi connectivity index (χ2n) is 5.25. The Bertz CT molecular complexity index is 773. The van der Waals surface area contributed by atoms with Crippen molar-refractivity contribution in [3.05, 3.63) is 36.2 Å². The van der Waals surface area contributed by atoms with Crippen LogP contribution in [0.4, 0.5) is 5.95 Å². The lowest BCUT2D eigenvalue weighted by atomic mass is 9.77. The highest BCUT2D eigenvalue weighted by molar-refractivity contribution is 5.89. The maximum atomic E-state index is 5.82. The average Bonchev–Trinajstić information content (AvgIpc) is 2.84. The molecule has 0 radical (unpaired) electrons. The van der Waals surface area contributed by atoms with Gasteiger partial charge in [0.1, 0.15) is 11.2 Å². The van der Waals surface area contributed by atoms with Crippen molar-refractivity contribution >= 4 is 17.1 Å². The summed E-state index contributed by atoms with van der Waals surface area (Å²) < 4.78 is 0. The highest BCUT2D eigenvalue weighted by atomic mass is 15.1. The Hall–Kier alpha value is -2.43. The molecule has 5 heteroatoms. The number of nitrogens with one attached hydrogen (secondary N) is 1. The van der Waals surface area contributed by atoms with E-state index in [0.29, 0.717) is 11.6 Å². The van der Waals surface area contributed by atoms with Crippen molar-refractivity contribution in [2.45, 2.75) is 25.2 Å². The zero-order chi connectivity index (χ0) is 13.5. The van der Waals surface area contributed by atoms with Gasteiger partial charge in [0.2, 0.25) is 5.95 Å². The predicted octanol–water partition coefficient (Wildman–Crippen LogP) is 2.87. The maximum absolute atomic E-state index is 5.82. The molecule has 1 aliphatic carbocycles. The summed E-state index contributed by atoms with van der Waals surface area (Å²) in [5, 5.41) is 0. The van der Waals surface area contributed by atoms with Gasteiger partial charge in [-0.3, -0.25) is 0 Å². The molecule has 0 spiro atoms. The number of nitrogens with zero attached hydrogens (tertiary/aromatic N) is 3. The van der Waals surface area contributed by atoms with E-state index < -0.39 is 0 Å². The van der Waals surface area contributed by atoms with Crippen LogP contribution in [-0.4, -0.2) is 19.9 Å². The summed E-state index contributed by atoms with van der Waals surface area (Å²) in [6.45, 7) is 0. The number of anilines is 1. The first-order valence-electron chi connectivity index (χ1n) is 6.89. The van der Waals surface area contributed by atoms with Crippen molar-refractivity contribution in [1.29, 1.82) is 0 Å². The van der Waals surface area contributed by atoms with Crippen molar-refractivity contribution in [2.75, 3.05) is 5.73 Å². The van der Waals surface area contributed by atoms with Gasteiger partial charge < -0.3 is 10.7 Å². The summed E-state index contributed by atoms with van der Waals surface area (Å²) >= 11 is 0. The summed E-state index contributed by atoms with van der Waals surface area (Å²) in [7, 11) is 0. The summed E-state index contributed by atoms with van der Waals surface area (Å²) in [6.07, 6.45) is 5.45. The van der Waals surface area contributed by atoms with E-state index in [1.165, 1.54) is 24.8 Å². The van der Waals surface area contributed by atoms with E-state index in [0.717, 1.165) is 16.8 Å². The van der Waals surface area contributed by atoms with Crippen LogP contribution in [0.25, 0.3) is 22.4 Å². The Morgan fingerprint density at radius 1 is 1.15 bits per heavy atom. The minimum atomic E-state index is 0.267. The fraction of sp³-hybridized carbons (Fsp3) is 0.267. The van der Waals surface area contributed by atoms with E-state index in [1.807, 2.05) is 6.07 Å². The van der Waals surface area contributed by atoms with E-state index in [2.05, 4.69) is 38.1 Å². The average molecular weight is 265 g/mol. The third-order valence-corrected chi connectivity index (χ3v) is 4.06. The molecule has 4 rings (SSSR count). The van der Waals surface area contributed by atoms with Crippen LogP contribution in [0.15, 0.2) is 30.6 Å². The summed E-state index contributed by atoms with van der Waals surface area (Å²) in [5.41, 5.74) is 10.6. The van der Waals surface area contributed by atoms with Crippen LogP contribution in [0.5, 0.6) is 0 Å². The molecule has 3 N–H and O–H groups in total. The largest absolute Gasteiger partial charge is 0.368 e. The van der Waals surface area contributed by atoms with Gasteiger partial charge in [-0.1, -0.05) is 30.7 Å². The SMILES string of the molecule is Nc1nc(-c2ccccc2C2CCC2)c2[nH]cnc2n1. The Kier molecular flexibility index (Phi) is 2.45. The van der Waals surface area contributed by atoms with Crippen LogP contribution in [0.2, 0.25) is 0 Å². The molecule has 0 amide bonds. The Labute approximate surface area is 116 Å². The van der Waals surface area contributed by atoms with Crippen molar-refractivity contribution in [2.24, 2.45) is 0 Å². The molecule has 1 fully saturated rings. The van der Waals surface area contributed by atoms with Gasteiger partial charge in [-0.15, -0.1) is 0 Å². The van der Waals surface area contributed by atoms with Gasteiger partial charge in [0.15, 0.2) is 5.65 Å². The standard InChI is InChI=1S/C15H15N5/c16-15-19-12(13-14(20-15)18-8-17-13)11-7-2-1-6-10(11)9-4-3-5-9/h1-2,6-9H,3-5H2,(H3,16,17,18,19,20). The fourth-order valence-electron chi connectivity index (χ4n) is 2.83. The third-order valence-electron chi connectivity index (χ3n) is 4.06. The van der Waals surface area contributed by atoms with Crippen LogP contribution in [0.3, 0.4) is 0 Å². The van der Waals surface area contributed by atoms with E-state index >= 15 is 0 Å². The number of imidazole rings is 1. The highest BCUT2D eigenvalue weighted by Crippen LogP contribution is 2.41. The monoisotopic (exact) mass is 265 g/mol. The van der Waals surface area contributed by atoms with Crippen molar-refractivity contribution in [3.8, 4) is 11.3 Å². The second-order valence-corrected chi connectivity index (χ2v) is 5.25. The molecular weight excluding hydrogens is 250 g/mol. The Morgan fingerprint density at radius 2 is 2.00 bits per heavy atom. The first kappa shape index (κ1) is 11.4. The molecule has 0 bridgehead atoms. The van der Waals surface area contributed by atoms with Gasteiger partial charge in [-0.2, -0.15) is 4.98 Å². The molecule has 3 aromatic rings. The van der Waals surface area contributed by atoms with Gasteiger partial charge in [0.05, 0.1) is 6.33 Å². The van der Waals surface area contributed by atoms with Crippen LogP contribution in [0.1, 0.15) is 30.7 Å². The van der Waals surface area contributed by atoms with Gasteiger partial charge in [-0.05, 0) is 24.3 Å². The summed E-state index contributed by atoms with van der Waals surface area (Å²) in [4.78, 5) is 15.9. The minimum absolute atomic E-state index is 0.267. The number of nitrogen functional groups attached to an aromatic ring is 1. The molecule has 0 aliphatic heterocycles. The lowest BCUT2D eigenvalue weighted by Crippen LogP contribution is -2.10. The molecule has 1 aliphatic rings. The zero-order valence-electron chi connectivity index (χ0n) is 11.0. The number of hydrogen-bond donors (Lipinski definition) is 2. The molecule has 20 heavy (non-hydrogen) atoms. The quantitative estimate of drug-likeness (QED) is 0.746. The molecule has 5 nitrogen and oxygen atoms in total. The normalized spacial score (nSPS) is 15.4. The van der Waals surface area contributed by atoms with Gasteiger partial charge >= 0.3 is 0 Å². The lowest BCUT2D eigenvalue weighted by molar-refractivity contribution is 0.420. The van der Waals surface area contributed by atoms with E-state index in [9.17, 15) is 0 Å². The van der Waals surface area contributed by atoms with Gasteiger partial charge in [0, 0.05) is 5.56 Å². The van der Waals surface area contributed by atoms with E-state index in [4.69, 9.17) is 5.73 Å². The maximum Gasteiger partial charge on any atom is 0.222 e. The number of hydrogen-bond acceptors (Lipinski definition) is 4. The zero-order valence-corrected chi connectivity index (χ0v) is 11.0. The highest BCUT2D eigenvalue weighted by Gasteiger charge is 2.24. The van der Waals surface area contributed by atoms with Crippen LogP contribution < -0.4 is 5.73 Å². The first-order chi connectivity index (χ1) is 9.83.